The van der Waals surface area contributed by atoms with Gasteiger partial charge in [0.2, 0.25) is 0 Å². The summed E-state index contributed by atoms with van der Waals surface area (Å²) in [5.74, 6) is -1.30. The highest BCUT2D eigenvalue weighted by Gasteiger charge is 2.17. The summed E-state index contributed by atoms with van der Waals surface area (Å²) < 4.78 is 32.2. The molecule has 1 aromatic carbocycles. The van der Waals surface area contributed by atoms with Crippen molar-refractivity contribution in [2.75, 3.05) is 7.11 Å². The van der Waals surface area contributed by atoms with Crippen LogP contribution in [0.25, 0.3) is 0 Å². The molecule has 0 fully saturated rings. The zero-order valence-electron chi connectivity index (χ0n) is 9.71. The van der Waals surface area contributed by atoms with Crippen LogP contribution in [-0.2, 0) is 11.2 Å². The van der Waals surface area contributed by atoms with Crippen molar-refractivity contribution in [2.24, 2.45) is 0 Å². The van der Waals surface area contributed by atoms with Gasteiger partial charge in [-0.3, -0.25) is 0 Å². The van der Waals surface area contributed by atoms with Gasteiger partial charge in [-0.25, -0.2) is 8.78 Å². The predicted octanol–water partition coefficient (Wildman–Crippen LogP) is 3.06. The van der Waals surface area contributed by atoms with Gasteiger partial charge in [0, 0.05) is 19.1 Å². The third kappa shape index (κ3) is 4.01. The van der Waals surface area contributed by atoms with E-state index in [9.17, 15) is 13.9 Å². The van der Waals surface area contributed by atoms with E-state index in [4.69, 9.17) is 4.74 Å². The Hall–Kier alpha value is -0.520. The molecule has 0 aliphatic heterocycles. The number of hydrogen-bond donors (Lipinski definition) is 1. The van der Waals surface area contributed by atoms with E-state index >= 15 is 0 Å². The molecule has 0 heterocycles. The maximum Gasteiger partial charge on any atom is 0.143 e. The maximum absolute atomic E-state index is 13.6. The summed E-state index contributed by atoms with van der Waals surface area (Å²) in [5.41, 5.74) is -0.102. The second-order valence-electron chi connectivity index (χ2n) is 3.96. The topological polar surface area (TPSA) is 29.5 Å². The molecule has 0 amide bonds. The third-order valence-corrected chi connectivity index (χ3v) is 3.20. The number of rotatable bonds is 5. The Labute approximate surface area is 108 Å². The average Bonchev–Trinajstić information content (AvgIpc) is 2.29. The summed E-state index contributed by atoms with van der Waals surface area (Å²) in [6.45, 7) is 1.79. The number of ether oxygens (including phenoxy) is 1. The van der Waals surface area contributed by atoms with Crippen molar-refractivity contribution in [2.45, 2.75) is 32.0 Å². The van der Waals surface area contributed by atoms with Crippen LogP contribution in [0.4, 0.5) is 8.78 Å². The highest BCUT2D eigenvalue weighted by molar-refractivity contribution is 9.10. The van der Waals surface area contributed by atoms with Gasteiger partial charge in [0.15, 0.2) is 0 Å². The minimum atomic E-state index is -0.830. The molecular formula is C12H15BrF2O2. The van der Waals surface area contributed by atoms with E-state index in [2.05, 4.69) is 15.9 Å². The molecule has 0 aliphatic carbocycles. The van der Waals surface area contributed by atoms with Gasteiger partial charge in [0.1, 0.15) is 11.6 Å². The number of benzene rings is 1. The van der Waals surface area contributed by atoms with Crippen molar-refractivity contribution in [1.82, 2.24) is 0 Å². The van der Waals surface area contributed by atoms with Crippen molar-refractivity contribution in [3.63, 3.8) is 0 Å². The minimum Gasteiger partial charge on any atom is -0.393 e. The minimum absolute atomic E-state index is 0.0647. The van der Waals surface area contributed by atoms with Crippen LogP contribution in [0.5, 0.6) is 0 Å². The first kappa shape index (κ1) is 14.5. The molecule has 96 valence electrons. The second kappa shape index (κ2) is 6.42. The first-order valence-corrected chi connectivity index (χ1v) is 6.08. The number of hydrogen-bond acceptors (Lipinski definition) is 2. The Balaban J connectivity index is 2.77. The number of methoxy groups -OCH3 is 1. The lowest BCUT2D eigenvalue weighted by Gasteiger charge is -2.16. The molecule has 1 N–H and O–H groups in total. The molecule has 2 atom stereocenters. The average molecular weight is 309 g/mol. The quantitative estimate of drug-likeness (QED) is 0.847. The van der Waals surface area contributed by atoms with Gasteiger partial charge in [-0.1, -0.05) is 0 Å². The van der Waals surface area contributed by atoms with Gasteiger partial charge in [-0.2, -0.15) is 0 Å². The predicted molar refractivity (Wildman–Crippen MR) is 64.9 cm³/mol. The van der Waals surface area contributed by atoms with Crippen LogP contribution in [0.2, 0.25) is 0 Å². The molecule has 0 radical (unpaired) electrons. The third-order valence-electron chi connectivity index (χ3n) is 2.59. The molecule has 0 spiro atoms. The van der Waals surface area contributed by atoms with Crippen LogP contribution < -0.4 is 0 Å². The van der Waals surface area contributed by atoms with E-state index in [1.807, 2.05) is 0 Å². The molecule has 5 heteroatoms. The van der Waals surface area contributed by atoms with Gasteiger partial charge in [0.25, 0.3) is 0 Å². The van der Waals surface area contributed by atoms with Gasteiger partial charge < -0.3 is 9.84 Å². The largest absolute Gasteiger partial charge is 0.393 e. The number of aliphatic hydroxyl groups is 1. The summed E-state index contributed by atoms with van der Waals surface area (Å²) in [6.07, 6.45) is -0.710. The first-order chi connectivity index (χ1) is 7.95. The van der Waals surface area contributed by atoms with Crippen LogP contribution in [-0.4, -0.2) is 24.4 Å². The lowest BCUT2D eigenvalue weighted by atomic mass is 10.0. The summed E-state index contributed by atoms with van der Waals surface area (Å²) in [4.78, 5) is 0. The molecule has 1 aromatic rings. The van der Waals surface area contributed by atoms with Gasteiger partial charge in [0.05, 0.1) is 16.7 Å². The van der Waals surface area contributed by atoms with Crippen LogP contribution in [0, 0.1) is 11.6 Å². The Bertz CT molecular complexity index is 385. The SMILES string of the molecule is COC(C)CC(O)Cc1c(F)ccc(Br)c1F. The second-order valence-corrected chi connectivity index (χ2v) is 4.82. The zero-order chi connectivity index (χ0) is 13.0. The van der Waals surface area contributed by atoms with Gasteiger partial charge >= 0.3 is 0 Å². The molecule has 0 saturated heterocycles. The molecule has 2 unspecified atom stereocenters. The molecule has 0 bridgehead atoms. The van der Waals surface area contributed by atoms with E-state index in [0.717, 1.165) is 0 Å². The van der Waals surface area contributed by atoms with Crippen LogP contribution >= 0.6 is 15.9 Å². The molecule has 0 aromatic heterocycles. The summed E-state index contributed by atoms with van der Waals surface area (Å²) in [6, 6.07) is 2.48. The number of aliphatic hydroxyl groups excluding tert-OH is 1. The van der Waals surface area contributed by atoms with Crippen molar-refractivity contribution in [1.29, 1.82) is 0 Å². The Kier molecular flexibility index (Phi) is 5.49. The van der Waals surface area contributed by atoms with E-state index in [1.165, 1.54) is 19.2 Å². The van der Waals surface area contributed by atoms with Crippen molar-refractivity contribution < 1.29 is 18.6 Å². The fourth-order valence-corrected chi connectivity index (χ4v) is 1.93. The van der Waals surface area contributed by atoms with Crippen molar-refractivity contribution >= 4 is 15.9 Å². The molecule has 1 rings (SSSR count). The molecule has 0 aliphatic rings. The lowest BCUT2D eigenvalue weighted by Crippen LogP contribution is -2.20. The summed E-state index contributed by atoms with van der Waals surface area (Å²) >= 11 is 2.99. The van der Waals surface area contributed by atoms with Gasteiger partial charge in [-0.05, 0) is 41.4 Å². The fourth-order valence-electron chi connectivity index (χ4n) is 1.55. The smallest absolute Gasteiger partial charge is 0.143 e. The van der Waals surface area contributed by atoms with E-state index < -0.39 is 17.7 Å². The lowest BCUT2D eigenvalue weighted by molar-refractivity contribution is 0.0558. The van der Waals surface area contributed by atoms with E-state index in [0.29, 0.717) is 6.42 Å². The standard InChI is InChI=1S/C12H15BrF2O2/c1-7(17-2)5-8(16)6-9-11(14)4-3-10(13)12(9)15/h3-4,7-8,16H,5-6H2,1-2H3. The maximum atomic E-state index is 13.6. The Morgan fingerprint density at radius 1 is 1.41 bits per heavy atom. The molecule has 2 nitrogen and oxygen atoms in total. The summed E-state index contributed by atoms with van der Waals surface area (Å²) in [7, 11) is 1.53. The summed E-state index contributed by atoms with van der Waals surface area (Å²) in [5, 5.41) is 9.72. The normalized spacial score (nSPS) is 14.7. The highest BCUT2D eigenvalue weighted by Crippen LogP contribution is 2.23. The Morgan fingerprint density at radius 2 is 2.06 bits per heavy atom. The zero-order valence-corrected chi connectivity index (χ0v) is 11.3. The van der Waals surface area contributed by atoms with Gasteiger partial charge in [-0.15, -0.1) is 0 Å². The van der Waals surface area contributed by atoms with E-state index in [1.54, 1.807) is 6.92 Å². The number of halogens is 3. The van der Waals surface area contributed by atoms with E-state index in [-0.39, 0.29) is 22.6 Å². The van der Waals surface area contributed by atoms with Crippen molar-refractivity contribution in [3.05, 3.63) is 33.8 Å². The van der Waals surface area contributed by atoms with Crippen molar-refractivity contribution in [3.8, 4) is 0 Å². The van der Waals surface area contributed by atoms with Crippen LogP contribution in [0.3, 0.4) is 0 Å². The van der Waals surface area contributed by atoms with Crippen LogP contribution in [0.1, 0.15) is 18.9 Å². The molecular weight excluding hydrogens is 294 g/mol. The van der Waals surface area contributed by atoms with Crippen LogP contribution in [0.15, 0.2) is 16.6 Å². The highest BCUT2D eigenvalue weighted by atomic mass is 79.9. The first-order valence-electron chi connectivity index (χ1n) is 5.29. The molecule has 17 heavy (non-hydrogen) atoms. The Morgan fingerprint density at radius 3 is 2.65 bits per heavy atom. The molecule has 0 saturated carbocycles. The monoisotopic (exact) mass is 308 g/mol. The fraction of sp³-hybridized carbons (Fsp3) is 0.500.